The predicted molar refractivity (Wildman–Crippen MR) is 72.7 cm³/mol. The minimum atomic E-state index is 0.315. The summed E-state index contributed by atoms with van der Waals surface area (Å²) in [5, 5.41) is 0. The van der Waals surface area contributed by atoms with Crippen LogP contribution in [0.4, 0.5) is 5.95 Å². The lowest BCUT2D eigenvalue weighted by molar-refractivity contribution is 0.662. The van der Waals surface area contributed by atoms with E-state index in [1.165, 1.54) is 18.4 Å². The van der Waals surface area contributed by atoms with Crippen LogP contribution in [0.3, 0.4) is 0 Å². The highest BCUT2D eigenvalue weighted by Gasteiger charge is 2.45. The first-order valence-electron chi connectivity index (χ1n) is 6.34. The van der Waals surface area contributed by atoms with Crippen LogP contribution in [0.15, 0.2) is 48.8 Å². The van der Waals surface area contributed by atoms with E-state index in [1.54, 1.807) is 12.4 Å². The van der Waals surface area contributed by atoms with Crippen molar-refractivity contribution in [2.24, 2.45) is 0 Å². The van der Waals surface area contributed by atoms with Gasteiger partial charge in [-0.15, -0.1) is 0 Å². The average Bonchev–Trinajstić information content (AvgIpc) is 3.22. The average molecular weight is 239 g/mol. The van der Waals surface area contributed by atoms with Crippen molar-refractivity contribution in [3.8, 4) is 0 Å². The van der Waals surface area contributed by atoms with E-state index in [4.69, 9.17) is 0 Å². The molecule has 2 aromatic rings. The summed E-state index contributed by atoms with van der Waals surface area (Å²) < 4.78 is 0. The molecule has 1 aliphatic rings. The number of hydrogen-bond donors (Lipinski definition) is 0. The Labute approximate surface area is 108 Å². The molecule has 1 saturated carbocycles. The molecule has 0 radical (unpaired) electrons. The molecule has 3 heteroatoms. The van der Waals surface area contributed by atoms with E-state index >= 15 is 0 Å². The number of benzene rings is 1. The molecule has 1 fully saturated rings. The van der Waals surface area contributed by atoms with Gasteiger partial charge in [-0.1, -0.05) is 30.3 Å². The van der Waals surface area contributed by atoms with Gasteiger partial charge >= 0.3 is 0 Å². The van der Waals surface area contributed by atoms with Gasteiger partial charge in [0, 0.05) is 31.4 Å². The van der Waals surface area contributed by atoms with Crippen LogP contribution in [0.2, 0.25) is 0 Å². The van der Waals surface area contributed by atoms with Gasteiger partial charge in [-0.3, -0.25) is 0 Å². The van der Waals surface area contributed by atoms with E-state index < -0.39 is 0 Å². The standard InChI is InChI=1S/C15H17N3/c1-18(14-16-10-5-11-17-14)12-15(8-9-15)13-6-3-2-4-7-13/h2-7,10-11H,8-9,12H2,1H3. The molecule has 1 aliphatic carbocycles. The number of nitrogens with zero attached hydrogens (tertiary/aromatic N) is 3. The SMILES string of the molecule is CN(CC1(c2ccccc2)CC1)c1ncccn1. The Morgan fingerprint density at radius 2 is 1.72 bits per heavy atom. The highest BCUT2D eigenvalue weighted by molar-refractivity contribution is 5.37. The minimum absolute atomic E-state index is 0.315. The fraction of sp³-hybridized carbons (Fsp3) is 0.333. The first-order valence-corrected chi connectivity index (χ1v) is 6.34. The van der Waals surface area contributed by atoms with E-state index in [1.807, 2.05) is 6.07 Å². The molecule has 0 atom stereocenters. The van der Waals surface area contributed by atoms with Crippen molar-refractivity contribution in [1.29, 1.82) is 0 Å². The lowest BCUT2D eigenvalue weighted by Gasteiger charge is -2.24. The zero-order valence-corrected chi connectivity index (χ0v) is 10.6. The van der Waals surface area contributed by atoms with Crippen LogP contribution in [-0.4, -0.2) is 23.6 Å². The maximum Gasteiger partial charge on any atom is 0.225 e. The molecule has 3 rings (SSSR count). The van der Waals surface area contributed by atoms with Crippen molar-refractivity contribution in [3.63, 3.8) is 0 Å². The third-order valence-electron chi connectivity index (χ3n) is 3.67. The number of anilines is 1. The van der Waals surface area contributed by atoms with Crippen LogP contribution in [0, 0.1) is 0 Å². The van der Waals surface area contributed by atoms with Crippen molar-refractivity contribution >= 4 is 5.95 Å². The van der Waals surface area contributed by atoms with E-state index in [0.717, 1.165) is 12.5 Å². The van der Waals surface area contributed by atoms with E-state index in [0.29, 0.717) is 5.41 Å². The van der Waals surface area contributed by atoms with Gasteiger partial charge in [-0.2, -0.15) is 0 Å². The molecular weight excluding hydrogens is 222 g/mol. The number of hydrogen-bond acceptors (Lipinski definition) is 3. The second-order valence-electron chi connectivity index (χ2n) is 5.05. The van der Waals surface area contributed by atoms with Gasteiger partial charge in [0.1, 0.15) is 0 Å². The summed E-state index contributed by atoms with van der Waals surface area (Å²) in [5.41, 5.74) is 1.75. The smallest absolute Gasteiger partial charge is 0.225 e. The zero-order chi connectivity index (χ0) is 12.4. The first kappa shape index (κ1) is 11.2. The molecular formula is C15H17N3. The molecule has 92 valence electrons. The van der Waals surface area contributed by atoms with Gasteiger partial charge in [-0.05, 0) is 24.5 Å². The van der Waals surface area contributed by atoms with E-state index in [9.17, 15) is 0 Å². The maximum atomic E-state index is 4.30. The minimum Gasteiger partial charge on any atom is -0.343 e. The van der Waals surface area contributed by atoms with Crippen molar-refractivity contribution < 1.29 is 0 Å². The number of likely N-dealkylation sites (N-methyl/N-ethyl adjacent to an activating group) is 1. The van der Waals surface area contributed by atoms with Gasteiger partial charge < -0.3 is 4.90 Å². The van der Waals surface area contributed by atoms with Crippen LogP contribution in [0.5, 0.6) is 0 Å². The largest absolute Gasteiger partial charge is 0.343 e. The van der Waals surface area contributed by atoms with Gasteiger partial charge in [0.15, 0.2) is 0 Å². The highest BCUT2D eigenvalue weighted by atomic mass is 15.2. The van der Waals surface area contributed by atoms with Gasteiger partial charge in [0.25, 0.3) is 0 Å². The summed E-state index contributed by atoms with van der Waals surface area (Å²) in [7, 11) is 2.07. The highest BCUT2D eigenvalue weighted by Crippen LogP contribution is 2.48. The molecule has 0 N–H and O–H groups in total. The predicted octanol–water partition coefficient (Wildman–Crippen LogP) is 2.64. The lowest BCUT2D eigenvalue weighted by Crippen LogP contribution is -2.30. The number of aromatic nitrogens is 2. The van der Waals surface area contributed by atoms with E-state index in [2.05, 4.69) is 52.2 Å². The molecule has 0 saturated heterocycles. The normalized spacial score (nSPS) is 16.3. The third-order valence-corrected chi connectivity index (χ3v) is 3.67. The molecule has 0 aliphatic heterocycles. The molecule has 1 heterocycles. The molecule has 0 amide bonds. The second-order valence-corrected chi connectivity index (χ2v) is 5.05. The number of rotatable bonds is 4. The fourth-order valence-corrected chi connectivity index (χ4v) is 2.49. The maximum absolute atomic E-state index is 4.30. The Balaban J connectivity index is 1.77. The van der Waals surface area contributed by atoms with Crippen LogP contribution in [0.1, 0.15) is 18.4 Å². The summed E-state index contributed by atoms with van der Waals surface area (Å²) in [4.78, 5) is 10.8. The van der Waals surface area contributed by atoms with Crippen molar-refractivity contribution in [2.45, 2.75) is 18.3 Å². The fourth-order valence-electron chi connectivity index (χ4n) is 2.49. The Kier molecular flexibility index (Phi) is 2.74. The van der Waals surface area contributed by atoms with Crippen LogP contribution in [-0.2, 0) is 5.41 Å². The summed E-state index contributed by atoms with van der Waals surface area (Å²) in [6.07, 6.45) is 6.10. The summed E-state index contributed by atoms with van der Waals surface area (Å²) in [5.74, 6) is 0.805. The third kappa shape index (κ3) is 2.08. The lowest BCUT2D eigenvalue weighted by atomic mass is 9.95. The molecule has 18 heavy (non-hydrogen) atoms. The molecule has 0 unspecified atom stereocenters. The zero-order valence-electron chi connectivity index (χ0n) is 10.6. The van der Waals surface area contributed by atoms with E-state index in [-0.39, 0.29) is 0 Å². The van der Waals surface area contributed by atoms with Crippen LogP contribution < -0.4 is 4.90 Å². The summed E-state index contributed by atoms with van der Waals surface area (Å²) in [6.45, 7) is 0.987. The van der Waals surface area contributed by atoms with Crippen molar-refractivity contribution in [3.05, 3.63) is 54.4 Å². The molecule has 0 bridgehead atoms. The molecule has 1 aromatic carbocycles. The first-order chi connectivity index (χ1) is 8.80. The molecule has 1 aromatic heterocycles. The Morgan fingerprint density at radius 1 is 1.06 bits per heavy atom. The topological polar surface area (TPSA) is 29.0 Å². The summed E-state index contributed by atoms with van der Waals surface area (Å²) in [6, 6.07) is 12.6. The Bertz CT molecular complexity index is 506. The molecule has 3 nitrogen and oxygen atoms in total. The van der Waals surface area contributed by atoms with Gasteiger partial charge in [-0.25, -0.2) is 9.97 Å². The summed E-state index contributed by atoms with van der Waals surface area (Å²) >= 11 is 0. The molecule has 0 spiro atoms. The Morgan fingerprint density at radius 3 is 2.33 bits per heavy atom. The van der Waals surface area contributed by atoms with Crippen LogP contribution >= 0.6 is 0 Å². The van der Waals surface area contributed by atoms with Gasteiger partial charge in [0.2, 0.25) is 5.95 Å². The quantitative estimate of drug-likeness (QED) is 0.821. The van der Waals surface area contributed by atoms with Crippen LogP contribution in [0.25, 0.3) is 0 Å². The van der Waals surface area contributed by atoms with Crippen molar-refractivity contribution in [2.75, 3.05) is 18.5 Å². The Hall–Kier alpha value is -1.90. The monoisotopic (exact) mass is 239 g/mol. The van der Waals surface area contributed by atoms with Crippen molar-refractivity contribution in [1.82, 2.24) is 9.97 Å². The second kappa shape index (κ2) is 4.41. The van der Waals surface area contributed by atoms with Gasteiger partial charge in [0.05, 0.1) is 0 Å².